The molecule has 0 aliphatic rings. The summed E-state index contributed by atoms with van der Waals surface area (Å²) < 4.78 is 43.2. The minimum atomic E-state index is -4.55. The lowest BCUT2D eigenvalue weighted by Gasteiger charge is -2.12. The van der Waals surface area contributed by atoms with E-state index >= 15 is 0 Å². The monoisotopic (exact) mass is 390 g/mol. The second kappa shape index (κ2) is 7.24. The van der Waals surface area contributed by atoms with Gasteiger partial charge in [-0.05, 0) is 30.3 Å². The first-order chi connectivity index (χ1) is 11.6. The molecule has 132 valence electrons. The summed E-state index contributed by atoms with van der Waals surface area (Å²) >= 11 is 10.2. The van der Waals surface area contributed by atoms with E-state index in [1.165, 1.54) is 12.1 Å². The second-order valence-corrected chi connectivity index (χ2v) is 5.70. The number of nitrogens with zero attached hydrogens (tertiary/aromatic N) is 1. The van der Waals surface area contributed by atoms with Crippen LogP contribution in [0.3, 0.4) is 0 Å². The van der Waals surface area contributed by atoms with Crippen LogP contribution in [0, 0.1) is 10.1 Å². The zero-order valence-electron chi connectivity index (χ0n) is 12.2. The molecule has 0 spiro atoms. The van der Waals surface area contributed by atoms with E-state index in [4.69, 9.17) is 16.3 Å². The fourth-order valence-electron chi connectivity index (χ4n) is 1.99. The van der Waals surface area contributed by atoms with E-state index in [1.54, 1.807) is 0 Å². The number of hydrogen-bond acceptors (Lipinski definition) is 5. The Hall–Kier alpha value is -2.39. The Balaban J connectivity index is 2.34. The Morgan fingerprint density at radius 3 is 2.44 bits per heavy atom. The lowest BCUT2D eigenvalue weighted by molar-refractivity contribution is -0.385. The van der Waals surface area contributed by atoms with Gasteiger partial charge in [0.05, 0.1) is 15.5 Å². The van der Waals surface area contributed by atoms with Gasteiger partial charge in [-0.3, -0.25) is 10.1 Å². The average molecular weight is 391 g/mol. The molecule has 5 nitrogen and oxygen atoms in total. The van der Waals surface area contributed by atoms with Gasteiger partial charge in [-0.15, -0.1) is 0 Å². The third-order valence-electron chi connectivity index (χ3n) is 3.07. The molecule has 0 atom stereocenters. The van der Waals surface area contributed by atoms with Crippen LogP contribution in [0.2, 0.25) is 5.02 Å². The average Bonchev–Trinajstić information content (AvgIpc) is 2.47. The highest BCUT2D eigenvalue weighted by atomic mass is 35.5. The van der Waals surface area contributed by atoms with Gasteiger partial charge in [-0.1, -0.05) is 11.6 Å². The molecular formula is C15H8ClF3NO4S-. The Kier molecular flexibility index (Phi) is 5.48. The molecule has 0 saturated heterocycles. The molecule has 0 N–H and O–H groups in total. The molecule has 2 aromatic carbocycles. The van der Waals surface area contributed by atoms with E-state index in [-0.39, 0.29) is 34.2 Å². The number of benzene rings is 2. The predicted octanol–water partition coefficient (Wildman–Crippen LogP) is 4.68. The molecule has 0 aromatic heterocycles. The van der Waals surface area contributed by atoms with Crippen LogP contribution in [0.5, 0.6) is 11.5 Å². The molecule has 10 heteroatoms. The Morgan fingerprint density at radius 2 is 1.92 bits per heavy atom. The number of carbonyl (C=O) groups excluding carboxylic acids is 1. The molecule has 0 radical (unpaired) electrons. The minimum absolute atomic E-state index is 0.0329. The fraction of sp³-hybridized carbons (Fsp3) is 0.133. The van der Waals surface area contributed by atoms with Crippen molar-refractivity contribution in [3.05, 3.63) is 62.7 Å². The predicted molar refractivity (Wildman–Crippen MR) is 85.7 cm³/mol. The summed E-state index contributed by atoms with van der Waals surface area (Å²) in [5, 5.41) is 9.97. The Labute approximate surface area is 149 Å². The standard InChI is InChI=1S/C15H9ClF3NO4S/c16-11-7-9(15(17,18)19)1-4-13(11)24-10-2-3-12(20(22)23)8(5-10)6-14(21)25/h1-5,7H,6H2,(H,21,25)/p-1. The van der Waals surface area contributed by atoms with Crippen LogP contribution in [-0.2, 0) is 30.0 Å². The van der Waals surface area contributed by atoms with Crippen molar-refractivity contribution in [2.24, 2.45) is 0 Å². The maximum absolute atomic E-state index is 12.6. The number of carbonyl (C=O) groups is 1. The summed E-state index contributed by atoms with van der Waals surface area (Å²) in [7, 11) is 0. The van der Waals surface area contributed by atoms with E-state index in [1.807, 2.05) is 0 Å². The molecule has 2 aromatic rings. The zero-order chi connectivity index (χ0) is 18.8. The van der Waals surface area contributed by atoms with Gasteiger partial charge in [0.25, 0.3) is 5.69 Å². The topological polar surface area (TPSA) is 69.4 Å². The van der Waals surface area contributed by atoms with Gasteiger partial charge >= 0.3 is 6.18 Å². The third-order valence-corrected chi connectivity index (χ3v) is 3.51. The van der Waals surface area contributed by atoms with Gasteiger partial charge in [0.1, 0.15) is 11.5 Å². The van der Waals surface area contributed by atoms with Crippen molar-refractivity contribution in [2.75, 3.05) is 0 Å². The van der Waals surface area contributed by atoms with Gasteiger partial charge in [0.2, 0.25) is 0 Å². The number of hydrogen-bond donors (Lipinski definition) is 0. The molecular weight excluding hydrogens is 383 g/mol. The number of nitro groups is 1. The number of alkyl halides is 3. The van der Waals surface area contributed by atoms with Crippen molar-refractivity contribution in [3.63, 3.8) is 0 Å². The van der Waals surface area contributed by atoms with Gasteiger partial charge < -0.3 is 22.2 Å². The summed E-state index contributed by atoms with van der Waals surface area (Å²) in [6.45, 7) is 0. The molecule has 0 bridgehead atoms. The van der Waals surface area contributed by atoms with Crippen molar-refractivity contribution < 1.29 is 27.6 Å². The van der Waals surface area contributed by atoms with E-state index in [0.717, 1.165) is 18.2 Å². The van der Waals surface area contributed by atoms with Crippen LogP contribution < -0.4 is 4.74 Å². The van der Waals surface area contributed by atoms with Crippen LogP contribution in [0.25, 0.3) is 0 Å². The summed E-state index contributed by atoms with van der Waals surface area (Å²) in [6, 6.07) is 6.10. The SMILES string of the molecule is O=C([S-])Cc1cc(Oc2ccc(C(F)(F)F)cc2Cl)ccc1[N+](=O)[O-]. The summed E-state index contributed by atoms with van der Waals surface area (Å²) in [5.74, 6) is -0.00215. The maximum Gasteiger partial charge on any atom is 0.416 e. The Morgan fingerprint density at radius 1 is 1.24 bits per heavy atom. The van der Waals surface area contributed by atoms with E-state index in [2.05, 4.69) is 12.6 Å². The summed E-state index contributed by atoms with van der Waals surface area (Å²) in [5.41, 5.74) is -1.22. The smallest absolute Gasteiger partial charge is 0.416 e. The van der Waals surface area contributed by atoms with E-state index < -0.39 is 21.8 Å². The number of halogens is 4. The van der Waals surface area contributed by atoms with Crippen LogP contribution >= 0.6 is 11.6 Å². The highest BCUT2D eigenvalue weighted by Gasteiger charge is 2.31. The van der Waals surface area contributed by atoms with Crippen molar-refractivity contribution >= 4 is 35.0 Å². The third kappa shape index (κ3) is 4.80. The Bertz CT molecular complexity index is 842. The quantitative estimate of drug-likeness (QED) is 0.421. The molecule has 0 heterocycles. The normalized spacial score (nSPS) is 11.2. The van der Waals surface area contributed by atoms with Crippen LogP contribution in [0.4, 0.5) is 18.9 Å². The van der Waals surface area contributed by atoms with Crippen LogP contribution in [-0.4, -0.2) is 10.0 Å². The number of nitro benzene ring substituents is 1. The van der Waals surface area contributed by atoms with Crippen LogP contribution in [0.1, 0.15) is 11.1 Å². The van der Waals surface area contributed by atoms with Crippen molar-refractivity contribution in [1.29, 1.82) is 0 Å². The highest BCUT2D eigenvalue weighted by Crippen LogP contribution is 2.37. The molecule has 0 aliphatic carbocycles. The largest absolute Gasteiger partial charge is 0.742 e. The first-order valence-corrected chi connectivity index (χ1v) is 7.38. The molecule has 2 rings (SSSR count). The summed E-state index contributed by atoms with van der Waals surface area (Å²) in [6.07, 6.45) is -4.91. The van der Waals surface area contributed by atoms with Crippen molar-refractivity contribution in [1.82, 2.24) is 0 Å². The molecule has 0 aliphatic heterocycles. The number of rotatable bonds is 5. The van der Waals surface area contributed by atoms with Gasteiger partial charge in [0.15, 0.2) is 0 Å². The first-order valence-electron chi connectivity index (χ1n) is 6.59. The van der Waals surface area contributed by atoms with Crippen molar-refractivity contribution in [3.8, 4) is 11.5 Å². The van der Waals surface area contributed by atoms with Gasteiger partial charge in [-0.25, -0.2) is 0 Å². The number of ether oxygens (including phenoxy) is 1. The first kappa shape index (κ1) is 18.9. The molecule has 25 heavy (non-hydrogen) atoms. The van der Waals surface area contributed by atoms with E-state index in [0.29, 0.717) is 6.07 Å². The highest BCUT2D eigenvalue weighted by molar-refractivity contribution is 7.77. The molecule has 0 unspecified atom stereocenters. The minimum Gasteiger partial charge on any atom is -0.742 e. The molecule has 0 saturated carbocycles. The van der Waals surface area contributed by atoms with Crippen LogP contribution in [0.15, 0.2) is 36.4 Å². The van der Waals surface area contributed by atoms with Gasteiger partial charge in [-0.2, -0.15) is 13.2 Å². The molecule has 0 amide bonds. The molecule has 0 fully saturated rings. The lowest BCUT2D eigenvalue weighted by Crippen LogP contribution is -2.04. The lowest BCUT2D eigenvalue weighted by atomic mass is 10.1. The van der Waals surface area contributed by atoms with E-state index in [9.17, 15) is 28.1 Å². The fourth-order valence-corrected chi connectivity index (χ4v) is 2.36. The van der Waals surface area contributed by atoms with Gasteiger partial charge in [0, 0.05) is 23.2 Å². The summed E-state index contributed by atoms with van der Waals surface area (Å²) in [4.78, 5) is 21.3. The zero-order valence-corrected chi connectivity index (χ0v) is 13.7. The maximum atomic E-state index is 12.6. The van der Waals surface area contributed by atoms with Crippen molar-refractivity contribution in [2.45, 2.75) is 12.6 Å². The second-order valence-electron chi connectivity index (χ2n) is 4.84.